The van der Waals surface area contributed by atoms with Gasteiger partial charge in [-0.2, -0.15) is 4.68 Å². The Morgan fingerprint density at radius 3 is 2.80 bits per heavy atom. The third-order valence-corrected chi connectivity index (χ3v) is 3.33. The second-order valence-electron chi connectivity index (χ2n) is 4.51. The van der Waals surface area contributed by atoms with E-state index < -0.39 is 0 Å². The molecule has 0 radical (unpaired) electrons. The fraction of sp³-hybridized carbons (Fsp3) is 0.0667. The number of nitrogens with two attached hydrogens (primary N) is 1. The zero-order valence-electron chi connectivity index (χ0n) is 10.6. The number of anilines is 1. The number of hydrogen-bond donors (Lipinski definition) is 1. The third-order valence-electron chi connectivity index (χ3n) is 3.10. The summed E-state index contributed by atoms with van der Waals surface area (Å²) < 4.78 is 1.35. The van der Waals surface area contributed by atoms with E-state index in [0.29, 0.717) is 10.8 Å². The van der Waals surface area contributed by atoms with Gasteiger partial charge in [0, 0.05) is 10.4 Å². The Kier molecular flexibility index (Phi) is 3.16. The minimum absolute atomic E-state index is 0.139. The number of carbonyl (C=O) groups excluding carboxylic acids is 1. The predicted molar refractivity (Wildman–Crippen MR) is 79.9 cm³/mol. The Morgan fingerprint density at radius 1 is 1.20 bits per heavy atom. The number of benzene rings is 2. The molecule has 0 saturated carbocycles. The lowest BCUT2D eigenvalue weighted by atomic mass is 10.1. The second-order valence-corrected chi connectivity index (χ2v) is 4.95. The summed E-state index contributed by atoms with van der Waals surface area (Å²) in [4.78, 5) is 12.4. The van der Waals surface area contributed by atoms with Crippen LogP contribution in [-0.2, 0) is 6.42 Å². The molecule has 0 aliphatic rings. The van der Waals surface area contributed by atoms with Gasteiger partial charge in [0.05, 0.1) is 11.9 Å². The maximum absolute atomic E-state index is 12.4. The largest absolute Gasteiger partial charge is 0.382 e. The summed E-state index contributed by atoms with van der Waals surface area (Å²) in [6.07, 6.45) is 0.228. The smallest absolute Gasteiger partial charge is 0.251 e. The number of fused-ring (bicyclic) bond motifs is 1. The minimum Gasteiger partial charge on any atom is -0.382 e. The zero-order chi connectivity index (χ0) is 14.1. The summed E-state index contributed by atoms with van der Waals surface area (Å²) in [5.74, 6) is 0.222. The van der Waals surface area contributed by atoms with E-state index in [1.54, 1.807) is 12.1 Å². The molecule has 0 atom stereocenters. The van der Waals surface area contributed by atoms with Crippen LogP contribution in [0.25, 0.3) is 10.9 Å². The van der Waals surface area contributed by atoms with Crippen molar-refractivity contribution in [2.24, 2.45) is 0 Å². The van der Waals surface area contributed by atoms with Crippen LogP contribution in [-0.4, -0.2) is 15.7 Å². The molecule has 0 fully saturated rings. The summed E-state index contributed by atoms with van der Waals surface area (Å²) >= 11 is 5.92. The van der Waals surface area contributed by atoms with Gasteiger partial charge in [0.2, 0.25) is 0 Å². The average Bonchev–Trinajstić information content (AvgIpc) is 2.77. The van der Waals surface area contributed by atoms with E-state index in [1.807, 2.05) is 36.4 Å². The van der Waals surface area contributed by atoms with E-state index in [-0.39, 0.29) is 12.3 Å². The monoisotopic (exact) mass is 285 g/mol. The fourth-order valence-electron chi connectivity index (χ4n) is 2.18. The lowest BCUT2D eigenvalue weighted by Crippen LogP contribution is -2.15. The lowest BCUT2D eigenvalue weighted by molar-refractivity contribution is 0.0904. The van der Waals surface area contributed by atoms with Crippen LogP contribution in [0.15, 0.2) is 48.5 Å². The molecule has 0 spiro atoms. The van der Waals surface area contributed by atoms with E-state index >= 15 is 0 Å². The molecule has 5 heteroatoms. The van der Waals surface area contributed by atoms with Crippen molar-refractivity contribution in [2.75, 3.05) is 5.73 Å². The number of nitrogen functional groups attached to an aromatic ring is 1. The van der Waals surface area contributed by atoms with Crippen LogP contribution >= 0.6 is 11.6 Å². The van der Waals surface area contributed by atoms with Crippen molar-refractivity contribution in [2.45, 2.75) is 6.42 Å². The predicted octanol–water partition coefficient (Wildman–Crippen LogP) is 3.15. The molecular weight excluding hydrogens is 274 g/mol. The van der Waals surface area contributed by atoms with Gasteiger partial charge in [0.1, 0.15) is 0 Å². The number of hydrogen-bond acceptors (Lipinski definition) is 3. The van der Waals surface area contributed by atoms with Crippen molar-refractivity contribution in [3.8, 4) is 0 Å². The number of halogens is 1. The molecule has 0 aliphatic heterocycles. The number of para-hydroxylation sites is 1. The van der Waals surface area contributed by atoms with E-state index in [0.717, 1.165) is 16.5 Å². The van der Waals surface area contributed by atoms with Crippen LogP contribution < -0.4 is 5.73 Å². The van der Waals surface area contributed by atoms with Crippen molar-refractivity contribution in [3.63, 3.8) is 0 Å². The maximum atomic E-state index is 12.4. The number of nitrogens with zero attached hydrogens (tertiary/aromatic N) is 2. The Bertz CT molecular complexity index is 795. The van der Waals surface area contributed by atoms with Crippen molar-refractivity contribution in [3.05, 3.63) is 59.1 Å². The first kappa shape index (κ1) is 12.7. The SMILES string of the molecule is Nc1nn(C(=O)Cc2cccc(Cl)c2)c2ccccc12. The highest BCUT2D eigenvalue weighted by Crippen LogP contribution is 2.20. The van der Waals surface area contributed by atoms with Gasteiger partial charge in [-0.25, -0.2) is 0 Å². The number of carbonyl (C=O) groups is 1. The van der Waals surface area contributed by atoms with Crippen LogP contribution in [0.4, 0.5) is 5.82 Å². The Morgan fingerprint density at radius 2 is 2.00 bits per heavy atom. The maximum Gasteiger partial charge on any atom is 0.251 e. The van der Waals surface area contributed by atoms with Crippen LogP contribution in [0.2, 0.25) is 5.02 Å². The standard InChI is InChI=1S/C15H12ClN3O/c16-11-5-3-4-10(8-11)9-14(20)19-13-7-2-1-6-12(13)15(17)18-19/h1-8H,9H2,(H2,17,18). The highest BCUT2D eigenvalue weighted by molar-refractivity contribution is 6.30. The first-order valence-corrected chi connectivity index (χ1v) is 6.54. The summed E-state index contributed by atoms with van der Waals surface area (Å²) in [5, 5.41) is 5.52. The van der Waals surface area contributed by atoms with Crippen molar-refractivity contribution >= 4 is 34.2 Å². The normalized spacial score (nSPS) is 10.8. The van der Waals surface area contributed by atoms with Gasteiger partial charge in [-0.05, 0) is 29.8 Å². The van der Waals surface area contributed by atoms with Crippen LogP contribution in [0, 0.1) is 0 Å². The van der Waals surface area contributed by atoms with Crippen LogP contribution in [0.1, 0.15) is 10.4 Å². The van der Waals surface area contributed by atoms with Gasteiger partial charge in [-0.1, -0.05) is 35.9 Å². The van der Waals surface area contributed by atoms with Gasteiger partial charge < -0.3 is 5.73 Å². The summed E-state index contributed by atoms with van der Waals surface area (Å²) in [6.45, 7) is 0. The van der Waals surface area contributed by atoms with Gasteiger partial charge >= 0.3 is 0 Å². The molecule has 3 rings (SSSR count). The van der Waals surface area contributed by atoms with Crippen molar-refractivity contribution < 1.29 is 4.79 Å². The highest BCUT2D eigenvalue weighted by atomic mass is 35.5. The third kappa shape index (κ3) is 2.26. The summed E-state index contributed by atoms with van der Waals surface area (Å²) in [6, 6.07) is 14.6. The Hall–Kier alpha value is -2.33. The molecule has 0 unspecified atom stereocenters. The van der Waals surface area contributed by atoms with Crippen LogP contribution in [0.5, 0.6) is 0 Å². The molecule has 4 nitrogen and oxygen atoms in total. The molecule has 100 valence electrons. The molecule has 0 aliphatic carbocycles. The highest BCUT2D eigenvalue weighted by Gasteiger charge is 2.14. The first-order valence-electron chi connectivity index (χ1n) is 6.16. The van der Waals surface area contributed by atoms with E-state index in [9.17, 15) is 4.79 Å². The Balaban J connectivity index is 1.97. The van der Waals surface area contributed by atoms with Crippen molar-refractivity contribution in [1.82, 2.24) is 9.78 Å². The number of aromatic nitrogens is 2. The summed E-state index contributed by atoms with van der Waals surface area (Å²) in [5.41, 5.74) is 7.39. The molecule has 2 N–H and O–H groups in total. The van der Waals surface area contributed by atoms with Gasteiger partial charge in [-0.3, -0.25) is 4.79 Å². The second kappa shape index (κ2) is 4.98. The van der Waals surface area contributed by atoms with Gasteiger partial charge in [0.25, 0.3) is 5.91 Å². The minimum atomic E-state index is -0.139. The quantitative estimate of drug-likeness (QED) is 0.787. The molecule has 3 aromatic rings. The van der Waals surface area contributed by atoms with Crippen LogP contribution in [0.3, 0.4) is 0 Å². The number of rotatable bonds is 2. The Labute approximate surface area is 120 Å². The van der Waals surface area contributed by atoms with Gasteiger partial charge in [0.15, 0.2) is 5.82 Å². The van der Waals surface area contributed by atoms with E-state index in [4.69, 9.17) is 17.3 Å². The average molecular weight is 286 g/mol. The molecular formula is C15H12ClN3O. The molecule has 20 heavy (non-hydrogen) atoms. The van der Waals surface area contributed by atoms with Crippen molar-refractivity contribution in [1.29, 1.82) is 0 Å². The molecule has 2 aromatic carbocycles. The van der Waals surface area contributed by atoms with Gasteiger partial charge in [-0.15, -0.1) is 5.10 Å². The summed E-state index contributed by atoms with van der Waals surface area (Å²) in [7, 11) is 0. The fourth-order valence-corrected chi connectivity index (χ4v) is 2.39. The molecule has 0 bridgehead atoms. The lowest BCUT2D eigenvalue weighted by Gasteiger charge is -2.03. The topological polar surface area (TPSA) is 60.9 Å². The zero-order valence-corrected chi connectivity index (χ0v) is 11.3. The molecule has 1 aromatic heterocycles. The van der Waals surface area contributed by atoms with E-state index in [1.165, 1.54) is 4.68 Å². The molecule has 0 amide bonds. The molecule has 0 saturated heterocycles. The molecule has 1 heterocycles. The van der Waals surface area contributed by atoms with E-state index in [2.05, 4.69) is 5.10 Å². The first-order chi connectivity index (χ1) is 9.65.